The number of hydrogen-bond acceptors (Lipinski definition) is 4. The molecule has 0 unspecified atom stereocenters. The van der Waals surface area contributed by atoms with Gasteiger partial charge in [0.1, 0.15) is 0 Å². The van der Waals surface area contributed by atoms with Crippen molar-refractivity contribution in [2.24, 2.45) is 0 Å². The number of ether oxygens (including phenoxy) is 1. The highest BCUT2D eigenvalue weighted by Gasteiger charge is 1.90. The van der Waals surface area contributed by atoms with Crippen molar-refractivity contribution < 1.29 is 9.53 Å². The number of anilines is 1. The molecule has 0 amide bonds. The molecule has 0 saturated carbocycles. The molecule has 0 spiro atoms. The standard InChI is InChI=1S/C6H9NS.C2H4O2.C2H6/c1-2-5-3-4-6(7)8-5;1-4-2-3;1-2/h3-4H,2,7H2,1H3;2H,1H3;1-2H3. The van der Waals surface area contributed by atoms with E-state index in [0.29, 0.717) is 6.47 Å². The van der Waals surface area contributed by atoms with E-state index < -0.39 is 0 Å². The minimum atomic E-state index is 0.375. The Hall–Kier alpha value is -1.03. The van der Waals surface area contributed by atoms with Crippen LogP contribution in [0, 0.1) is 0 Å². The summed E-state index contributed by atoms with van der Waals surface area (Å²) >= 11 is 1.67. The van der Waals surface area contributed by atoms with Crippen molar-refractivity contribution in [2.75, 3.05) is 12.8 Å². The lowest BCUT2D eigenvalue weighted by Gasteiger charge is -1.80. The highest BCUT2D eigenvalue weighted by molar-refractivity contribution is 7.15. The molecule has 3 nitrogen and oxygen atoms in total. The van der Waals surface area contributed by atoms with Gasteiger partial charge in [0.05, 0.1) is 12.1 Å². The van der Waals surface area contributed by atoms with Crippen LogP contribution >= 0.6 is 11.3 Å². The second kappa shape index (κ2) is 12.0. The molecule has 0 aliphatic carbocycles. The van der Waals surface area contributed by atoms with E-state index in [1.807, 2.05) is 19.9 Å². The summed E-state index contributed by atoms with van der Waals surface area (Å²) in [6, 6.07) is 4.02. The van der Waals surface area contributed by atoms with Crippen LogP contribution in [-0.4, -0.2) is 13.6 Å². The lowest BCUT2D eigenvalue weighted by Crippen LogP contribution is -1.72. The quantitative estimate of drug-likeness (QED) is 0.775. The smallest absolute Gasteiger partial charge is 0.292 e. The summed E-state index contributed by atoms with van der Waals surface area (Å²) in [6.07, 6.45) is 1.10. The number of methoxy groups -OCH3 is 1. The third-order valence-electron chi connectivity index (χ3n) is 1.13. The number of nitrogens with two attached hydrogens (primary N) is 1. The molecule has 2 N–H and O–H groups in total. The van der Waals surface area contributed by atoms with E-state index in [1.165, 1.54) is 12.0 Å². The lowest BCUT2D eigenvalue weighted by atomic mass is 10.4. The molecule has 14 heavy (non-hydrogen) atoms. The van der Waals surface area contributed by atoms with E-state index in [-0.39, 0.29) is 0 Å². The van der Waals surface area contributed by atoms with E-state index in [4.69, 9.17) is 10.5 Å². The fraction of sp³-hybridized carbons (Fsp3) is 0.500. The van der Waals surface area contributed by atoms with Crippen molar-refractivity contribution in [3.8, 4) is 0 Å². The van der Waals surface area contributed by atoms with Crippen molar-refractivity contribution in [1.29, 1.82) is 0 Å². The minimum Gasteiger partial charge on any atom is -0.471 e. The van der Waals surface area contributed by atoms with Gasteiger partial charge in [-0.1, -0.05) is 20.8 Å². The molecule has 0 bridgehead atoms. The topological polar surface area (TPSA) is 52.3 Å². The first-order valence-electron chi connectivity index (χ1n) is 4.55. The van der Waals surface area contributed by atoms with E-state index >= 15 is 0 Å². The maximum absolute atomic E-state index is 8.95. The van der Waals surface area contributed by atoms with E-state index in [9.17, 15) is 0 Å². The maximum Gasteiger partial charge on any atom is 0.292 e. The van der Waals surface area contributed by atoms with Gasteiger partial charge in [-0.05, 0) is 18.6 Å². The Balaban J connectivity index is 0. The summed E-state index contributed by atoms with van der Waals surface area (Å²) in [6.45, 7) is 6.51. The Morgan fingerprint density at radius 1 is 1.50 bits per heavy atom. The van der Waals surface area contributed by atoms with E-state index in [1.54, 1.807) is 11.3 Å². The zero-order valence-electron chi connectivity index (χ0n) is 9.24. The number of rotatable bonds is 2. The fourth-order valence-electron chi connectivity index (χ4n) is 0.585. The molecule has 0 saturated heterocycles. The van der Waals surface area contributed by atoms with Crippen LogP contribution in [0.1, 0.15) is 25.6 Å². The van der Waals surface area contributed by atoms with Crippen LogP contribution in [0.4, 0.5) is 5.00 Å². The predicted molar refractivity (Wildman–Crippen MR) is 62.5 cm³/mol. The van der Waals surface area contributed by atoms with Crippen LogP contribution in [0.2, 0.25) is 0 Å². The lowest BCUT2D eigenvalue weighted by molar-refractivity contribution is -0.126. The third kappa shape index (κ3) is 9.06. The molecule has 0 fully saturated rings. The normalized spacial score (nSPS) is 7.43. The molecular formula is C10H19NO2S. The molecule has 1 rings (SSSR count). The Morgan fingerprint density at radius 2 is 2.00 bits per heavy atom. The summed E-state index contributed by atoms with van der Waals surface area (Å²) in [5.41, 5.74) is 5.47. The average Bonchev–Trinajstić information content (AvgIpc) is 2.67. The number of aryl methyl sites for hydroxylation is 1. The first-order chi connectivity index (χ1) is 6.74. The third-order valence-corrected chi connectivity index (χ3v) is 2.19. The molecule has 1 heterocycles. The minimum absolute atomic E-state index is 0.375. The van der Waals surface area contributed by atoms with Crippen molar-refractivity contribution >= 4 is 22.8 Å². The molecular weight excluding hydrogens is 198 g/mol. The highest BCUT2D eigenvalue weighted by atomic mass is 32.1. The number of carbonyl (C=O) groups excluding carboxylic acids is 1. The van der Waals surface area contributed by atoms with Crippen molar-refractivity contribution in [3.63, 3.8) is 0 Å². The van der Waals surface area contributed by atoms with Crippen LogP contribution in [0.3, 0.4) is 0 Å². The van der Waals surface area contributed by atoms with Gasteiger partial charge in [0.2, 0.25) is 0 Å². The predicted octanol–water partition coefficient (Wildman–Crippen LogP) is 2.71. The van der Waals surface area contributed by atoms with Crippen LogP contribution in [0.25, 0.3) is 0 Å². The number of nitrogen functional groups attached to an aromatic ring is 1. The van der Waals surface area contributed by atoms with Gasteiger partial charge >= 0.3 is 0 Å². The summed E-state index contributed by atoms with van der Waals surface area (Å²) in [4.78, 5) is 10.3. The van der Waals surface area contributed by atoms with Gasteiger partial charge in [-0.2, -0.15) is 0 Å². The van der Waals surface area contributed by atoms with Gasteiger partial charge in [-0.15, -0.1) is 11.3 Å². The number of carbonyl (C=O) groups is 1. The molecule has 4 heteroatoms. The van der Waals surface area contributed by atoms with Gasteiger partial charge < -0.3 is 10.5 Å². The van der Waals surface area contributed by atoms with Gasteiger partial charge in [-0.25, -0.2) is 0 Å². The molecule has 0 aliphatic rings. The second-order valence-corrected chi connectivity index (χ2v) is 3.19. The molecule has 0 radical (unpaired) electrons. The molecule has 0 atom stereocenters. The fourth-order valence-corrected chi connectivity index (χ4v) is 1.30. The summed E-state index contributed by atoms with van der Waals surface area (Å²) in [7, 11) is 1.31. The average molecular weight is 217 g/mol. The number of hydrogen-bond donors (Lipinski definition) is 1. The zero-order valence-corrected chi connectivity index (χ0v) is 10.1. The molecule has 82 valence electrons. The van der Waals surface area contributed by atoms with Crippen molar-refractivity contribution in [2.45, 2.75) is 27.2 Å². The van der Waals surface area contributed by atoms with E-state index in [0.717, 1.165) is 11.4 Å². The Morgan fingerprint density at radius 3 is 2.14 bits per heavy atom. The molecule has 0 aliphatic heterocycles. The van der Waals surface area contributed by atoms with Gasteiger partial charge in [0, 0.05) is 4.88 Å². The SMILES string of the molecule is CC.CCc1ccc(N)s1.COC=O. The number of thiophene rings is 1. The molecule has 1 aromatic heterocycles. The Labute approximate surface area is 89.9 Å². The maximum atomic E-state index is 8.95. The molecule has 0 aromatic carbocycles. The van der Waals surface area contributed by atoms with Gasteiger partial charge in [0.25, 0.3) is 6.47 Å². The van der Waals surface area contributed by atoms with Gasteiger partial charge in [-0.3, -0.25) is 4.79 Å². The van der Waals surface area contributed by atoms with E-state index in [2.05, 4.69) is 17.7 Å². The Bertz CT molecular complexity index is 224. The van der Waals surface area contributed by atoms with Crippen molar-refractivity contribution in [1.82, 2.24) is 0 Å². The first kappa shape index (κ1) is 15.4. The summed E-state index contributed by atoms with van der Waals surface area (Å²) in [5, 5.41) is 0.918. The first-order valence-corrected chi connectivity index (χ1v) is 5.36. The summed E-state index contributed by atoms with van der Waals surface area (Å²) in [5.74, 6) is 0. The van der Waals surface area contributed by atoms with Crippen molar-refractivity contribution in [3.05, 3.63) is 17.0 Å². The van der Waals surface area contributed by atoms with Crippen LogP contribution in [0.5, 0.6) is 0 Å². The molecule has 1 aromatic rings. The Kier molecular flexibility index (Phi) is 13.2. The van der Waals surface area contributed by atoms with Crippen LogP contribution in [0.15, 0.2) is 12.1 Å². The zero-order chi connectivity index (χ0) is 11.4. The van der Waals surface area contributed by atoms with Crippen LogP contribution in [-0.2, 0) is 16.0 Å². The summed E-state index contributed by atoms with van der Waals surface area (Å²) < 4.78 is 3.86. The highest BCUT2D eigenvalue weighted by Crippen LogP contribution is 2.17. The largest absolute Gasteiger partial charge is 0.471 e. The second-order valence-electron chi connectivity index (χ2n) is 1.99. The van der Waals surface area contributed by atoms with Gasteiger partial charge in [0.15, 0.2) is 0 Å². The monoisotopic (exact) mass is 217 g/mol. The van der Waals surface area contributed by atoms with Crippen LogP contribution < -0.4 is 5.73 Å².